The van der Waals surface area contributed by atoms with Crippen LogP contribution in [0.2, 0.25) is 0 Å². The van der Waals surface area contributed by atoms with Gasteiger partial charge in [0, 0.05) is 16.6 Å². The lowest BCUT2D eigenvalue weighted by Crippen LogP contribution is -2.57. The van der Waals surface area contributed by atoms with E-state index in [-0.39, 0.29) is 16.9 Å². The standard InChI is InChI=1S/C21H24ClNO/c1-15(22)19(24)23-18-13-9-8-12-17(18)21(4,14-20(23,2)3)16-10-6-5-7-11-16/h5-13,15H,14H2,1-4H3. The molecule has 0 spiro atoms. The fourth-order valence-electron chi connectivity index (χ4n) is 4.16. The number of hydrogen-bond acceptors (Lipinski definition) is 1. The maximum absolute atomic E-state index is 12.8. The van der Waals surface area contributed by atoms with E-state index in [0.717, 1.165) is 12.1 Å². The third kappa shape index (κ3) is 2.63. The number of rotatable bonds is 2. The molecule has 2 atom stereocenters. The second kappa shape index (κ2) is 5.93. The number of halogens is 1. The van der Waals surface area contributed by atoms with Crippen molar-refractivity contribution in [3.05, 3.63) is 65.7 Å². The highest BCUT2D eigenvalue weighted by Gasteiger charge is 2.48. The van der Waals surface area contributed by atoms with E-state index in [9.17, 15) is 4.79 Å². The highest BCUT2D eigenvalue weighted by Crippen LogP contribution is 2.50. The van der Waals surface area contributed by atoms with Crippen molar-refractivity contribution < 1.29 is 4.79 Å². The quantitative estimate of drug-likeness (QED) is 0.693. The fourth-order valence-corrected chi connectivity index (χ4v) is 4.26. The molecule has 0 radical (unpaired) electrons. The first-order valence-corrected chi connectivity index (χ1v) is 8.84. The summed E-state index contributed by atoms with van der Waals surface area (Å²) in [5.74, 6) is -0.0378. The van der Waals surface area contributed by atoms with Crippen molar-refractivity contribution in [1.29, 1.82) is 0 Å². The van der Waals surface area contributed by atoms with Gasteiger partial charge < -0.3 is 4.90 Å². The monoisotopic (exact) mass is 341 g/mol. The molecule has 2 aromatic rings. The minimum absolute atomic E-state index is 0.0378. The Morgan fingerprint density at radius 3 is 2.25 bits per heavy atom. The van der Waals surface area contributed by atoms with Crippen LogP contribution in [0.15, 0.2) is 54.6 Å². The molecule has 3 heteroatoms. The third-order valence-corrected chi connectivity index (χ3v) is 5.29. The van der Waals surface area contributed by atoms with Crippen molar-refractivity contribution in [3.63, 3.8) is 0 Å². The van der Waals surface area contributed by atoms with Crippen molar-refractivity contribution >= 4 is 23.2 Å². The highest BCUT2D eigenvalue weighted by atomic mass is 35.5. The van der Waals surface area contributed by atoms with Crippen molar-refractivity contribution in [1.82, 2.24) is 0 Å². The van der Waals surface area contributed by atoms with Gasteiger partial charge in [0.2, 0.25) is 5.91 Å². The molecule has 2 unspecified atom stereocenters. The maximum atomic E-state index is 12.8. The molecular formula is C21H24ClNO. The molecule has 1 aliphatic heterocycles. The van der Waals surface area contributed by atoms with Crippen LogP contribution >= 0.6 is 11.6 Å². The molecule has 2 nitrogen and oxygen atoms in total. The van der Waals surface area contributed by atoms with Gasteiger partial charge in [-0.05, 0) is 44.4 Å². The summed E-state index contributed by atoms with van der Waals surface area (Å²) in [6.45, 7) is 8.27. The summed E-state index contributed by atoms with van der Waals surface area (Å²) in [6.07, 6.45) is 0.844. The molecule has 0 saturated carbocycles. The summed E-state index contributed by atoms with van der Waals surface area (Å²) in [4.78, 5) is 14.7. The fraction of sp³-hybridized carbons (Fsp3) is 0.381. The van der Waals surface area contributed by atoms with Crippen LogP contribution in [0.5, 0.6) is 0 Å². The van der Waals surface area contributed by atoms with Gasteiger partial charge in [0.1, 0.15) is 5.38 Å². The Morgan fingerprint density at radius 1 is 1.04 bits per heavy atom. The van der Waals surface area contributed by atoms with E-state index in [1.807, 2.05) is 29.2 Å². The van der Waals surface area contributed by atoms with Gasteiger partial charge in [0.15, 0.2) is 0 Å². The molecule has 0 saturated heterocycles. The number of hydrogen-bond donors (Lipinski definition) is 0. The van der Waals surface area contributed by atoms with Crippen molar-refractivity contribution in [2.75, 3.05) is 4.90 Å². The number of anilines is 1. The zero-order chi connectivity index (χ0) is 17.5. The van der Waals surface area contributed by atoms with E-state index in [0.29, 0.717) is 0 Å². The Bertz CT molecular complexity index is 753. The van der Waals surface area contributed by atoms with Crippen molar-refractivity contribution in [2.24, 2.45) is 0 Å². The van der Waals surface area contributed by atoms with Crippen LogP contribution in [0.1, 0.15) is 45.2 Å². The lowest BCUT2D eigenvalue weighted by molar-refractivity contribution is -0.119. The second-order valence-electron chi connectivity index (χ2n) is 7.49. The molecule has 0 fully saturated rings. The number of carbonyl (C=O) groups excluding carboxylic acids is 1. The zero-order valence-electron chi connectivity index (χ0n) is 14.7. The molecule has 0 aromatic heterocycles. The van der Waals surface area contributed by atoms with Gasteiger partial charge in [-0.25, -0.2) is 0 Å². The van der Waals surface area contributed by atoms with E-state index < -0.39 is 5.38 Å². The molecule has 2 aromatic carbocycles. The van der Waals surface area contributed by atoms with E-state index in [1.54, 1.807) is 6.92 Å². The van der Waals surface area contributed by atoms with Gasteiger partial charge in [-0.1, -0.05) is 55.5 Å². The number of fused-ring (bicyclic) bond motifs is 1. The summed E-state index contributed by atoms with van der Waals surface area (Å²) in [5, 5.41) is -0.543. The lowest BCUT2D eigenvalue weighted by Gasteiger charge is -2.51. The Kier molecular flexibility index (Phi) is 4.21. The van der Waals surface area contributed by atoms with Gasteiger partial charge in [-0.3, -0.25) is 4.79 Å². The zero-order valence-corrected chi connectivity index (χ0v) is 15.5. The summed E-state index contributed by atoms with van der Waals surface area (Å²) >= 11 is 6.15. The Balaban J connectivity index is 2.23. The number of carbonyl (C=O) groups is 1. The minimum atomic E-state index is -0.543. The Hall–Kier alpha value is -1.80. The number of amides is 1. The van der Waals surface area contributed by atoms with Crippen molar-refractivity contribution in [3.8, 4) is 0 Å². The molecule has 126 valence electrons. The van der Waals surface area contributed by atoms with Gasteiger partial charge in [0.25, 0.3) is 0 Å². The predicted molar refractivity (Wildman–Crippen MR) is 101 cm³/mol. The van der Waals surface area contributed by atoms with Crippen LogP contribution in [0.4, 0.5) is 5.69 Å². The van der Waals surface area contributed by atoms with Crippen LogP contribution < -0.4 is 4.90 Å². The minimum Gasteiger partial charge on any atom is -0.305 e. The van der Waals surface area contributed by atoms with Gasteiger partial charge >= 0.3 is 0 Å². The summed E-state index contributed by atoms with van der Waals surface area (Å²) in [6, 6.07) is 18.8. The van der Waals surface area contributed by atoms with Gasteiger partial charge in [0.05, 0.1) is 0 Å². The van der Waals surface area contributed by atoms with Crippen LogP contribution in [0.3, 0.4) is 0 Å². The molecule has 0 bridgehead atoms. The van der Waals surface area contributed by atoms with Crippen LogP contribution in [0, 0.1) is 0 Å². The topological polar surface area (TPSA) is 20.3 Å². The first-order valence-electron chi connectivity index (χ1n) is 8.40. The van der Waals surface area contributed by atoms with Crippen LogP contribution in [-0.4, -0.2) is 16.8 Å². The summed E-state index contributed by atoms with van der Waals surface area (Å²) in [5.41, 5.74) is 2.96. The molecule has 0 aliphatic carbocycles. The first kappa shape index (κ1) is 17.0. The summed E-state index contributed by atoms with van der Waals surface area (Å²) in [7, 11) is 0. The lowest BCUT2D eigenvalue weighted by atomic mass is 9.65. The van der Waals surface area contributed by atoms with Crippen LogP contribution in [0.25, 0.3) is 0 Å². The number of nitrogens with zero attached hydrogens (tertiary/aromatic N) is 1. The second-order valence-corrected chi connectivity index (χ2v) is 8.15. The SMILES string of the molecule is CC(Cl)C(=O)N1c2ccccc2C(C)(c2ccccc2)CC1(C)C. The van der Waals surface area contributed by atoms with Gasteiger partial charge in [-0.2, -0.15) is 0 Å². The Labute approximate surface area is 149 Å². The number of benzene rings is 2. The average molecular weight is 342 g/mol. The molecule has 1 heterocycles. The van der Waals surface area contributed by atoms with Crippen molar-refractivity contribution in [2.45, 2.75) is 50.4 Å². The molecule has 1 amide bonds. The average Bonchev–Trinajstić information content (AvgIpc) is 2.54. The molecular weight excluding hydrogens is 318 g/mol. The van der Waals surface area contributed by atoms with Crippen LogP contribution in [-0.2, 0) is 10.2 Å². The Morgan fingerprint density at radius 2 is 1.62 bits per heavy atom. The molecule has 0 N–H and O–H groups in total. The summed E-state index contributed by atoms with van der Waals surface area (Å²) < 4.78 is 0. The number of para-hydroxylation sites is 1. The normalized spacial score (nSPS) is 23.5. The molecule has 24 heavy (non-hydrogen) atoms. The third-order valence-electron chi connectivity index (χ3n) is 5.10. The molecule has 3 rings (SSSR count). The largest absolute Gasteiger partial charge is 0.305 e. The molecule has 1 aliphatic rings. The highest BCUT2D eigenvalue weighted by molar-refractivity contribution is 6.32. The van der Waals surface area contributed by atoms with E-state index in [4.69, 9.17) is 11.6 Å². The van der Waals surface area contributed by atoms with E-state index in [1.165, 1.54) is 11.1 Å². The smallest absolute Gasteiger partial charge is 0.245 e. The van der Waals surface area contributed by atoms with Gasteiger partial charge in [-0.15, -0.1) is 11.6 Å². The number of alkyl halides is 1. The first-order chi connectivity index (χ1) is 11.3. The van der Waals surface area contributed by atoms with E-state index >= 15 is 0 Å². The predicted octanol–water partition coefficient (Wildman–Crippen LogP) is 5.14. The van der Waals surface area contributed by atoms with E-state index in [2.05, 4.69) is 51.1 Å². The maximum Gasteiger partial charge on any atom is 0.245 e.